The summed E-state index contributed by atoms with van der Waals surface area (Å²) in [5.41, 5.74) is 5.11. The first-order valence-electron chi connectivity index (χ1n) is 6.47. The molecule has 112 valence electrons. The molecular weight excluding hydrogens is 298 g/mol. The number of nitrogens with zero attached hydrogens (tertiary/aromatic N) is 2. The van der Waals surface area contributed by atoms with E-state index < -0.39 is 10.0 Å². The van der Waals surface area contributed by atoms with Crippen LogP contribution in [0.3, 0.4) is 0 Å². The zero-order valence-electron chi connectivity index (χ0n) is 11.4. The first kappa shape index (κ1) is 15.4. The molecule has 0 aromatic carbocycles. The molecule has 2 N–H and O–H groups in total. The van der Waals surface area contributed by atoms with Crippen LogP contribution in [0.2, 0.25) is 0 Å². The van der Waals surface area contributed by atoms with Gasteiger partial charge >= 0.3 is 0 Å². The van der Waals surface area contributed by atoms with E-state index in [-0.39, 0.29) is 5.91 Å². The van der Waals surface area contributed by atoms with Gasteiger partial charge in [0.1, 0.15) is 4.21 Å². The molecule has 0 saturated carbocycles. The summed E-state index contributed by atoms with van der Waals surface area (Å²) in [4.78, 5) is 13.8. The lowest BCUT2D eigenvalue weighted by atomic mass is 10.3. The minimum atomic E-state index is -3.36. The van der Waals surface area contributed by atoms with Gasteiger partial charge < -0.3 is 10.6 Å². The maximum Gasteiger partial charge on any atom is 0.252 e. The van der Waals surface area contributed by atoms with Crippen molar-refractivity contribution in [2.45, 2.75) is 17.6 Å². The van der Waals surface area contributed by atoms with Gasteiger partial charge in [-0.25, -0.2) is 8.42 Å². The van der Waals surface area contributed by atoms with Crippen LogP contribution in [0, 0.1) is 6.92 Å². The van der Waals surface area contributed by atoms with Crippen molar-refractivity contribution >= 4 is 27.3 Å². The Morgan fingerprint density at radius 2 is 1.95 bits per heavy atom. The smallest absolute Gasteiger partial charge is 0.252 e. The summed E-state index contributed by atoms with van der Waals surface area (Å²) in [6.07, 6.45) is 0.316. The summed E-state index contributed by atoms with van der Waals surface area (Å²) < 4.78 is 26.8. The van der Waals surface area contributed by atoms with Crippen LogP contribution < -0.4 is 5.73 Å². The first-order chi connectivity index (χ1) is 9.39. The van der Waals surface area contributed by atoms with Crippen molar-refractivity contribution in [3.05, 3.63) is 17.0 Å². The lowest BCUT2D eigenvalue weighted by Gasteiger charge is -2.33. The molecule has 1 aromatic heterocycles. The Bertz CT molecular complexity index is 575. The Morgan fingerprint density at radius 1 is 1.30 bits per heavy atom. The van der Waals surface area contributed by atoms with Crippen molar-refractivity contribution in [1.29, 1.82) is 0 Å². The number of hydrogen-bond donors (Lipinski definition) is 1. The minimum absolute atomic E-state index is 0.316. The van der Waals surface area contributed by atoms with Crippen molar-refractivity contribution in [2.24, 2.45) is 5.73 Å². The van der Waals surface area contributed by atoms with E-state index in [2.05, 4.69) is 4.90 Å². The third-order valence-electron chi connectivity index (χ3n) is 3.32. The van der Waals surface area contributed by atoms with Gasteiger partial charge in [-0.3, -0.25) is 4.79 Å². The number of primary amides is 1. The number of thiophene rings is 1. The number of carbonyl (C=O) groups excluding carboxylic acids is 1. The molecule has 1 fully saturated rings. The van der Waals surface area contributed by atoms with E-state index in [1.165, 1.54) is 15.6 Å². The number of aryl methyl sites for hydroxylation is 1. The predicted molar refractivity (Wildman–Crippen MR) is 78.1 cm³/mol. The van der Waals surface area contributed by atoms with Gasteiger partial charge in [0, 0.05) is 44.0 Å². The number of sulfonamides is 1. The monoisotopic (exact) mass is 317 g/mol. The maximum atomic E-state index is 12.4. The van der Waals surface area contributed by atoms with Crippen molar-refractivity contribution in [3.8, 4) is 0 Å². The molecule has 1 aromatic rings. The molecule has 1 amide bonds. The zero-order valence-corrected chi connectivity index (χ0v) is 13.0. The van der Waals surface area contributed by atoms with Crippen molar-refractivity contribution in [1.82, 2.24) is 9.21 Å². The lowest BCUT2D eigenvalue weighted by Crippen LogP contribution is -2.48. The lowest BCUT2D eigenvalue weighted by molar-refractivity contribution is -0.118. The first-order valence-corrected chi connectivity index (χ1v) is 8.72. The second-order valence-corrected chi connectivity index (χ2v) is 8.28. The van der Waals surface area contributed by atoms with Gasteiger partial charge in [-0.1, -0.05) is 0 Å². The summed E-state index contributed by atoms with van der Waals surface area (Å²) in [5, 5.41) is 0. The fraction of sp³-hybridized carbons (Fsp3) is 0.583. The average molecular weight is 317 g/mol. The molecule has 2 rings (SSSR count). The van der Waals surface area contributed by atoms with E-state index in [0.717, 1.165) is 4.88 Å². The maximum absolute atomic E-state index is 12.4. The van der Waals surface area contributed by atoms with E-state index in [4.69, 9.17) is 5.73 Å². The summed E-state index contributed by atoms with van der Waals surface area (Å²) in [6.45, 7) is 4.68. The number of carbonyl (C=O) groups is 1. The molecule has 8 heteroatoms. The van der Waals surface area contributed by atoms with Gasteiger partial charge in [0.25, 0.3) is 10.0 Å². The molecule has 6 nitrogen and oxygen atoms in total. The highest BCUT2D eigenvalue weighted by atomic mass is 32.2. The van der Waals surface area contributed by atoms with Crippen LogP contribution in [-0.4, -0.2) is 56.3 Å². The summed E-state index contributed by atoms with van der Waals surface area (Å²) in [7, 11) is -3.36. The van der Waals surface area contributed by atoms with Crippen LogP contribution in [0.4, 0.5) is 0 Å². The molecule has 0 unspecified atom stereocenters. The Hall–Kier alpha value is -0.960. The molecule has 0 spiro atoms. The van der Waals surface area contributed by atoms with Gasteiger partial charge in [-0.05, 0) is 19.1 Å². The second-order valence-electron chi connectivity index (χ2n) is 4.83. The van der Waals surface area contributed by atoms with Gasteiger partial charge in [0.2, 0.25) is 5.91 Å². The number of rotatable bonds is 5. The Balaban J connectivity index is 1.95. The Kier molecular flexibility index (Phi) is 4.79. The third kappa shape index (κ3) is 3.57. The fourth-order valence-corrected chi connectivity index (χ4v) is 5.00. The summed E-state index contributed by atoms with van der Waals surface area (Å²) in [5.74, 6) is -0.325. The topological polar surface area (TPSA) is 83.7 Å². The van der Waals surface area contributed by atoms with Crippen molar-refractivity contribution in [3.63, 3.8) is 0 Å². The molecule has 0 radical (unpaired) electrons. The van der Waals surface area contributed by atoms with Crippen LogP contribution in [-0.2, 0) is 14.8 Å². The molecule has 0 aliphatic carbocycles. The molecule has 1 aliphatic rings. The van der Waals surface area contributed by atoms with Gasteiger partial charge in [-0.15, -0.1) is 11.3 Å². The van der Waals surface area contributed by atoms with Crippen LogP contribution in [0.1, 0.15) is 11.3 Å². The predicted octanol–water partition coefficient (Wildman–Crippen LogP) is 0.238. The molecule has 20 heavy (non-hydrogen) atoms. The standard InChI is InChI=1S/C12H19N3O3S2/c1-10-2-3-12(19-10)20(17,18)15-8-6-14(7-9-15)5-4-11(13)16/h2-3H,4-9H2,1H3,(H2,13,16). The number of hydrogen-bond acceptors (Lipinski definition) is 5. The van der Waals surface area contributed by atoms with E-state index >= 15 is 0 Å². The van der Waals surface area contributed by atoms with E-state index in [9.17, 15) is 13.2 Å². The molecule has 2 heterocycles. The molecule has 1 aliphatic heterocycles. The molecule has 0 bridgehead atoms. The van der Waals surface area contributed by atoms with Crippen LogP contribution in [0.25, 0.3) is 0 Å². The van der Waals surface area contributed by atoms with E-state index in [1.807, 2.05) is 13.0 Å². The average Bonchev–Trinajstić information content (AvgIpc) is 2.84. The number of nitrogens with two attached hydrogens (primary N) is 1. The number of piperazine rings is 1. The van der Waals surface area contributed by atoms with E-state index in [1.54, 1.807) is 6.07 Å². The normalized spacial score (nSPS) is 18.2. The molecular formula is C12H19N3O3S2. The molecule has 0 atom stereocenters. The highest BCUT2D eigenvalue weighted by Gasteiger charge is 2.29. The molecule has 1 saturated heterocycles. The summed E-state index contributed by atoms with van der Waals surface area (Å²) >= 11 is 1.30. The van der Waals surface area contributed by atoms with Crippen molar-refractivity contribution < 1.29 is 13.2 Å². The van der Waals surface area contributed by atoms with Gasteiger partial charge in [0.15, 0.2) is 0 Å². The van der Waals surface area contributed by atoms with Crippen molar-refractivity contribution in [2.75, 3.05) is 32.7 Å². The largest absolute Gasteiger partial charge is 0.370 e. The summed E-state index contributed by atoms with van der Waals surface area (Å²) in [6, 6.07) is 3.48. The van der Waals surface area contributed by atoms with Crippen LogP contribution in [0.5, 0.6) is 0 Å². The highest BCUT2D eigenvalue weighted by molar-refractivity contribution is 7.91. The minimum Gasteiger partial charge on any atom is -0.370 e. The SMILES string of the molecule is Cc1ccc(S(=O)(=O)N2CCN(CCC(N)=O)CC2)s1. The Morgan fingerprint density at radius 3 is 2.45 bits per heavy atom. The quantitative estimate of drug-likeness (QED) is 0.843. The second kappa shape index (κ2) is 6.21. The van der Waals surface area contributed by atoms with E-state index in [0.29, 0.717) is 43.4 Å². The number of amides is 1. The van der Waals surface area contributed by atoms with Gasteiger partial charge in [-0.2, -0.15) is 4.31 Å². The van der Waals surface area contributed by atoms with Gasteiger partial charge in [0.05, 0.1) is 0 Å². The highest BCUT2D eigenvalue weighted by Crippen LogP contribution is 2.25. The Labute approximate surface area is 123 Å². The zero-order chi connectivity index (χ0) is 14.8. The third-order valence-corrected chi connectivity index (χ3v) is 6.68. The van der Waals surface area contributed by atoms with Crippen LogP contribution in [0.15, 0.2) is 16.3 Å². The fourth-order valence-electron chi connectivity index (χ4n) is 2.14. The van der Waals surface area contributed by atoms with Crippen LogP contribution >= 0.6 is 11.3 Å².